The number of nitrogens with zero attached hydrogens (tertiary/aromatic N) is 6. The fourth-order valence-electron chi connectivity index (χ4n) is 10.4. The van der Waals surface area contributed by atoms with E-state index >= 15 is 0 Å². The van der Waals surface area contributed by atoms with Gasteiger partial charge in [-0.2, -0.15) is 10.4 Å². The fraction of sp³-hybridized carbons (Fsp3) is 0.714. The van der Waals surface area contributed by atoms with Crippen molar-refractivity contribution in [2.75, 3.05) is 50.9 Å². The molecule has 2 saturated heterocycles. The molecule has 0 unspecified atom stereocenters. The molecule has 5 rings (SSSR count). The van der Waals surface area contributed by atoms with E-state index in [2.05, 4.69) is 57.6 Å². The minimum atomic E-state index is -3.50. The first-order valence-corrected chi connectivity index (χ1v) is 35.6. The summed E-state index contributed by atoms with van der Waals surface area (Å²) in [4.78, 5) is 95.4. The molecule has 538 valence electrons. The Bertz CT molecular complexity index is 3030. The average Bonchev–Trinajstić information content (AvgIpc) is 1.03. The Hall–Kier alpha value is -7.02. The first-order valence-electron chi connectivity index (χ1n) is 32.3. The lowest BCUT2D eigenvalue weighted by atomic mass is 9.84. The predicted molar refractivity (Wildman–Crippen MR) is 360 cm³/mol. The lowest BCUT2D eigenvalue weighted by molar-refractivity contribution is -0.139. The highest BCUT2D eigenvalue weighted by Crippen LogP contribution is 2.30. The largest absolute Gasteiger partial charge is 0.463 e. The van der Waals surface area contributed by atoms with Crippen LogP contribution >= 0.6 is 0 Å². The number of amides is 5. The number of nitrogens with two attached hydrogens (primary N) is 1. The summed E-state index contributed by atoms with van der Waals surface area (Å²) in [6, 6.07) is -0.482. The van der Waals surface area contributed by atoms with Gasteiger partial charge in [-0.3, -0.25) is 35.3 Å². The minimum absolute atomic E-state index is 0.00328. The Balaban J connectivity index is 0.000000540. The van der Waals surface area contributed by atoms with Crippen LogP contribution < -0.4 is 41.8 Å². The van der Waals surface area contributed by atoms with Gasteiger partial charge < -0.3 is 40.1 Å². The third-order valence-corrected chi connectivity index (χ3v) is 17.0. The van der Waals surface area contributed by atoms with Gasteiger partial charge in [0.05, 0.1) is 61.0 Å². The summed E-state index contributed by atoms with van der Waals surface area (Å²) in [5, 5.41) is 24.5. The summed E-state index contributed by atoms with van der Waals surface area (Å²) in [6.07, 6.45) is 10.4. The van der Waals surface area contributed by atoms with Crippen LogP contribution in [-0.2, 0) is 62.9 Å². The highest BCUT2D eigenvalue weighted by molar-refractivity contribution is 7.89. The monoisotopic (exact) mass is 1380 g/mol. The number of sulfonamides is 2. The number of nitriles is 1. The summed E-state index contributed by atoms with van der Waals surface area (Å²) in [6.45, 7) is 33.1. The minimum Gasteiger partial charge on any atom is -0.463 e. The number of hydrogen-bond donors (Lipinski definition) is 8. The summed E-state index contributed by atoms with van der Waals surface area (Å²) < 4.78 is 83.5. The smallest absolute Gasteiger partial charge is 0.414 e. The van der Waals surface area contributed by atoms with E-state index in [9.17, 15) is 50.4 Å². The zero-order valence-corrected chi connectivity index (χ0v) is 60.2. The van der Waals surface area contributed by atoms with Crippen molar-refractivity contribution in [2.45, 2.75) is 240 Å². The lowest BCUT2D eigenvalue weighted by Crippen LogP contribution is -2.63. The first kappa shape index (κ1) is 84.1. The molecule has 2 aliphatic heterocycles. The molecule has 9 N–H and O–H groups in total. The van der Waals surface area contributed by atoms with Gasteiger partial charge in [-0.1, -0.05) is 45.4 Å². The van der Waals surface area contributed by atoms with Crippen molar-refractivity contribution >= 4 is 73.9 Å². The van der Waals surface area contributed by atoms with E-state index in [1.54, 1.807) is 107 Å². The zero-order valence-electron chi connectivity index (χ0n) is 58.5. The van der Waals surface area contributed by atoms with Crippen LogP contribution in [0.15, 0.2) is 53.3 Å². The second kappa shape index (κ2) is 39.9. The number of guanidine groups is 1. The summed E-state index contributed by atoms with van der Waals surface area (Å²) in [5.74, 6) is -1.34. The molecule has 30 nitrogen and oxygen atoms in total. The molecule has 1 aromatic heterocycles. The van der Waals surface area contributed by atoms with E-state index in [1.165, 1.54) is 25.5 Å². The Morgan fingerprint density at radius 2 is 1.07 bits per heavy atom. The number of nitrogens with one attached hydrogen (secondary N) is 7. The molecular formula is C63H108N14O16S2. The van der Waals surface area contributed by atoms with Crippen molar-refractivity contribution < 1.29 is 74.1 Å². The van der Waals surface area contributed by atoms with Gasteiger partial charge in [0.25, 0.3) is 0 Å². The normalized spacial score (nSPS) is 21.6. The lowest BCUT2D eigenvalue weighted by Gasteiger charge is -2.44. The molecule has 5 amide bonds. The van der Waals surface area contributed by atoms with Gasteiger partial charge in [0.15, 0.2) is 0 Å². The number of carbonyl (C=O) groups excluding carboxylic acids is 7. The van der Waals surface area contributed by atoms with Crippen molar-refractivity contribution in [1.82, 2.24) is 55.6 Å². The van der Waals surface area contributed by atoms with E-state index in [0.717, 1.165) is 32.2 Å². The molecule has 2 fully saturated rings. The molecule has 1 aromatic rings. The predicted octanol–water partition coefficient (Wildman–Crippen LogP) is 5.34. The Labute approximate surface area is 562 Å². The second-order valence-electron chi connectivity index (χ2n) is 26.1. The SMILES string of the molecule is C=C(NC(=O)OC(C)(C)C)n1cccn1.CC#N.CCCCS(=O)(=O)N[C@@H]1CCCN([C@@H]2C=C(C(=O)OCC)C[C@H](N)[C@H]2NC(C)=O)C1.CCCCS(=O)(=O)N[C@@H]1CCCN([C@@H]2C=C(C(=O)OCC)C[C@H](N=C(NC(=O)OC(C)(C)C)NC(=O)OC(C)(C)C)[C@H]2NC(C)=O)C1. The molecule has 0 spiro atoms. The first-order chi connectivity index (χ1) is 44.2. The van der Waals surface area contributed by atoms with Crippen LogP contribution in [0, 0.1) is 11.3 Å². The number of aromatic nitrogens is 2. The van der Waals surface area contributed by atoms with E-state index in [4.69, 9.17) is 34.7 Å². The highest BCUT2D eigenvalue weighted by Gasteiger charge is 2.43. The third-order valence-electron chi connectivity index (χ3n) is 14.0. The number of esters is 2. The van der Waals surface area contributed by atoms with Gasteiger partial charge >= 0.3 is 30.2 Å². The third kappa shape index (κ3) is 33.5. The van der Waals surface area contributed by atoms with Gasteiger partial charge in [-0.15, -0.1) is 0 Å². The van der Waals surface area contributed by atoms with Crippen LogP contribution in [0.2, 0.25) is 0 Å². The molecular weight excluding hydrogens is 1270 g/mol. The molecule has 0 saturated carbocycles. The second-order valence-corrected chi connectivity index (χ2v) is 29.9. The average molecular weight is 1380 g/mol. The maximum Gasteiger partial charge on any atom is 0.414 e. The van der Waals surface area contributed by atoms with Crippen LogP contribution in [0.4, 0.5) is 14.4 Å². The summed E-state index contributed by atoms with van der Waals surface area (Å²) >= 11 is 0. The van der Waals surface area contributed by atoms with Crippen LogP contribution in [-0.4, -0.2) is 200 Å². The number of likely N-dealkylation sites (tertiary alicyclic amines) is 2. The van der Waals surface area contributed by atoms with Gasteiger partial charge in [0.2, 0.25) is 37.8 Å². The number of carbonyl (C=O) groups is 7. The molecule has 95 heavy (non-hydrogen) atoms. The van der Waals surface area contributed by atoms with E-state index in [-0.39, 0.29) is 78.7 Å². The molecule has 8 atom stereocenters. The van der Waals surface area contributed by atoms with E-state index in [0.29, 0.717) is 63.1 Å². The summed E-state index contributed by atoms with van der Waals surface area (Å²) in [5.41, 5.74) is 4.88. The molecule has 4 aliphatic rings. The van der Waals surface area contributed by atoms with Crippen LogP contribution in [0.25, 0.3) is 5.82 Å². The Morgan fingerprint density at radius 1 is 0.674 bits per heavy atom. The number of piperidine rings is 2. The van der Waals surface area contributed by atoms with Gasteiger partial charge in [0, 0.05) is 81.9 Å². The number of alkyl carbamates (subject to hydrolysis) is 3. The summed E-state index contributed by atoms with van der Waals surface area (Å²) in [7, 11) is -6.83. The fourth-order valence-corrected chi connectivity index (χ4v) is 13.3. The Morgan fingerprint density at radius 3 is 1.45 bits per heavy atom. The van der Waals surface area contributed by atoms with Crippen molar-refractivity contribution in [3.63, 3.8) is 0 Å². The number of hydrogen-bond acceptors (Lipinski definition) is 22. The molecule has 3 heterocycles. The highest BCUT2D eigenvalue weighted by atomic mass is 32.2. The van der Waals surface area contributed by atoms with Crippen molar-refractivity contribution in [3.8, 4) is 6.07 Å². The zero-order chi connectivity index (χ0) is 72.1. The van der Waals surface area contributed by atoms with Gasteiger partial charge in [-0.05, 0) is 140 Å². The number of ether oxygens (including phenoxy) is 5. The topological polar surface area (TPSA) is 405 Å². The van der Waals surface area contributed by atoms with Crippen molar-refractivity contribution in [1.29, 1.82) is 5.26 Å². The molecule has 0 aromatic carbocycles. The van der Waals surface area contributed by atoms with Gasteiger partial charge in [0.1, 0.15) is 22.6 Å². The Kier molecular flexibility index (Phi) is 35.3. The standard InChI is InChI=1S/C31H54N6O9S.C20H36N4O5S.C10H15N3O2.C2H3N/c1-10-12-16-47(42,43)36-22-14-13-15-37(19-22)24-18-21(26(39)44-11-2)17-23(25(24)32-20(3)38)33-27(34-28(40)45-30(4,5)6)35-29(41)46-31(7,8)9;1-4-6-10-30(27,28)23-16-8-7-9-24(13-16)18-12-15(20(26)29-5-2)11-17(21)19(18)22-14(3)25;1-8(13-7-5-6-11-13)12-9(14)15-10(2,3)4;1-2-3/h18,22-25,36H,10-17,19H2,1-9H3,(H,32,38)(H2,33,34,35,40,41);12,16-19,23H,4-11,13,21H2,1-3H3,(H,22,25);5-7H,1H2,2-4H3,(H,12,14);1H3/t22-,23+,24-,25-;16-,17+,18-,19-;;/m11../s1. The quantitative estimate of drug-likeness (QED) is 0.0333. The van der Waals surface area contributed by atoms with Crippen molar-refractivity contribution in [2.24, 2.45) is 10.7 Å². The van der Waals surface area contributed by atoms with Crippen LogP contribution in [0.3, 0.4) is 0 Å². The number of rotatable bonds is 21. The van der Waals surface area contributed by atoms with Crippen LogP contribution in [0.1, 0.15) is 175 Å². The molecule has 0 radical (unpaired) electrons. The van der Waals surface area contributed by atoms with Gasteiger partial charge in [-0.25, -0.2) is 59.9 Å². The van der Waals surface area contributed by atoms with E-state index < -0.39 is 91.2 Å². The maximum absolute atomic E-state index is 13.1. The maximum atomic E-state index is 13.1. The molecule has 0 bridgehead atoms. The molecule has 32 heteroatoms. The van der Waals surface area contributed by atoms with Crippen molar-refractivity contribution in [3.05, 3.63) is 48.3 Å². The number of unbranched alkanes of at least 4 members (excludes halogenated alkanes) is 2. The van der Waals surface area contributed by atoms with E-state index in [1.807, 2.05) is 24.8 Å². The van der Waals surface area contributed by atoms with Crippen LogP contribution in [0.5, 0.6) is 0 Å². The molecule has 2 aliphatic carbocycles. The number of aliphatic imine (C=N–C) groups is 1.